The van der Waals surface area contributed by atoms with Crippen LogP contribution >= 0.6 is 0 Å². The Balaban J connectivity index is 1.60. The van der Waals surface area contributed by atoms with Crippen LogP contribution in [0, 0.1) is 10.1 Å². The predicted molar refractivity (Wildman–Crippen MR) is 139 cm³/mol. The highest BCUT2D eigenvalue weighted by atomic mass is 32.2. The van der Waals surface area contributed by atoms with E-state index in [-0.39, 0.29) is 16.3 Å². The van der Waals surface area contributed by atoms with Gasteiger partial charge in [0.1, 0.15) is 17.2 Å². The monoisotopic (exact) mass is 506 g/mol. The van der Waals surface area contributed by atoms with E-state index < -0.39 is 20.6 Å². The van der Waals surface area contributed by atoms with Gasteiger partial charge in [0.25, 0.3) is 15.7 Å². The van der Waals surface area contributed by atoms with Crippen LogP contribution in [0.1, 0.15) is 5.56 Å². The number of methoxy groups -OCH3 is 2. The number of nitro benzene ring substituents is 1. The molecule has 4 aromatic rings. The topological polar surface area (TPSA) is 132 Å². The van der Waals surface area contributed by atoms with E-state index in [1.54, 1.807) is 19.2 Å². The summed E-state index contributed by atoms with van der Waals surface area (Å²) in [5.74, 6) is 1.14. The van der Waals surface area contributed by atoms with Crippen LogP contribution in [0.5, 0.6) is 11.5 Å². The Hall–Kier alpha value is -4.64. The van der Waals surface area contributed by atoms with E-state index >= 15 is 0 Å². The molecule has 0 heterocycles. The van der Waals surface area contributed by atoms with Gasteiger partial charge >= 0.3 is 0 Å². The fraction of sp³-hybridized carbons (Fsp3) is 0.0800. The molecule has 0 fully saturated rings. The third kappa shape index (κ3) is 5.20. The zero-order valence-corrected chi connectivity index (χ0v) is 20.2. The molecule has 184 valence electrons. The van der Waals surface area contributed by atoms with Crippen molar-refractivity contribution >= 4 is 44.1 Å². The summed E-state index contributed by atoms with van der Waals surface area (Å²) in [5, 5.41) is 17.7. The van der Waals surface area contributed by atoms with Gasteiger partial charge in [-0.25, -0.2) is 8.42 Å². The Morgan fingerprint density at radius 3 is 2.39 bits per heavy atom. The maximum Gasteiger partial charge on any atom is 0.295 e. The highest BCUT2D eigenvalue weighted by Gasteiger charge is 2.21. The highest BCUT2D eigenvalue weighted by molar-refractivity contribution is 7.92. The van der Waals surface area contributed by atoms with Crippen LogP contribution in [-0.4, -0.2) is 33.8 Å². The summed E-state index contributed by atoms with van der Waals surface area (Å²) in [5.41, 5.74) is 3.20. The Morgan fingerprint density at radius 1 is 0.944 bits per heavy atom. The maximum absolute atomic E-state index is 12.8. The van der Waals surface area contributed by atoms with Gasteiger partial charge in [0.05, 0.1) is 30.3 Å². The van der Waals surface area contributed by atoms with E-state index in [1.165, 1.54) is 37.6 Å². The van der Waals surface area contributed by atoms with E-state index in [0.717, 1.165) is 16.8 Å². The Bertz CT molecular complexity index is 1550. The summed E-state index contributed by atoms with van der Waals surface area (Å²) in [4.78, 5) is 10.8. The molecular formula is C25H22N4O6S. The first-order valence-corrected chi connectivity index (χ1v) is 12.1. The normalized spacial score (nSPS) is 11.4. The number of ether oxygens (including phenoxy) is 2. The summed E-state index contributed by atoms with van der Waals surface area (Å²) >= 11 is 0. The molecule has 0 bridgehead atoms. The molecule has 0 aromatic heterocycles. The molecule has 10 nitrogen and oxygen atoms in total. The summed E-state index contributed by atoms with van der Waals surface area (Å²) in [6.45, 7) is 0. The minimum atomic E-state index is -4.08. The Kier molecular flexibility index (Phi) is 7.02. The second-order valence-corrected chi connectivity index (χ2v) is 9.23. The van der Waals surface area contributed by atoms with Crippen LogP contribution in [0.4, 0.5) is 17.1 Å². The quantitative estimate of drug-likeness (QED) is 0.185. The van der Waals surface area contributed by atoms with Gasteiger partial charge in [-0.1, -0.05) is 30.3 Å². The van der Waals surface area contributed by atoms with Crippen molar-refractivity contribution < 1.29 is 22.8 Å². The average molecular weight is 507 g/mol. The lowest BCUT2D eigenvalue weighted by atomic mass is 10.0. The van der Waals surface area contributed by atoms with Gasteiger partial charge in [-0.05, 0) is 53.2 Å². The summed E-state index contributed by atoms with van der Waals surface area (Å²) in [6, 6.07) is 21.1. The minimum absolute atomic E-state index is 0.0267. The third-order valence-corrected chi connectivity index (χ3v) is 6.73. The number of nitro groups is 1. The number of fused-ring (bicyclic) bond motifs is 1. The molecule has 2 N–H and O–H groups in total. The number of nitrogens with one attached hydrogen (secondary N) is 2. The molecule has 0 radical (unpaired) electrons. The van der Waals surface area contributed by atoms with Crippen molar-refractivity contribution in [1.29, 1.82) is 0 Å². The second-order valence-electron chi connectivity index (χ2n) is 7.54. The highest BCUT2D eigenvalue weighted by Crippen LogP contribution is 2.30. The smallest absolute Gasteiger partial charge is 0.295 e. The summed E-state index contributed by atoms with van der Waals surface area (Å²) in [7, 11) is -1.04. The van der Waals surface area contributed by atoms with Gasteiger partial charge in [-0.2, -0.15) is 5.10 Å². The molecule has 36 heavy (non-hydrogen) atoms. The Labute approximate surface area is 207 Å². The van der Waals surface area contributed by atoms with Crippen LogP contribution in [0.25, 0.3) is 10.8 Å². The summed E-state index contributed by atoms with van der Waals surface area (Å²) in [6.07, 6.45) is 1.50. The molecule has 0 saturated heterocycles. The number of nitrogens with zero attached hydrogens (tertiary/aromatic N) is 2. The SMILES string of the molecule is COc1ccc(NS(=O)(=O)c2ccc(NN=Cc3c(OC)ccc4ccccc34)c([N+](=O)[O-])c2)cc1. The zero-order chi connectivity index (χ0) is 25.7. The van der Waals surface area contributed by atoms with Crippen LogP contribution in [0.2, 0.25) is 0 Å². The first kappa shape index (κ1) is 24.5. The van der Waals surface area contributed by atoms with E-state index in [0.29, 0.717) is 17.1 Å². The molecule has 0 amide bonds. The average Bonchev–Trinajstić information content (AvgIpc) is 2.89. The molecule has 0 saturated carbocycles. The Morgan fingerprint density at radius 2 is 1.69 bits per heavy atom. The van der Waals surface area contributed by atoms with Crippen molar-refractivity contribution in [2.24, 2.45) is 5.10 Å². The lowest BCUT2D eigenvalue weighted by Crippen LogP contribution is -2.13. The van der Waals surface area contributed by atoms with Gasteiger partial charge < -0.3 is 9.47 Å². The third-order valence-electron chi connectivity index (χ3n) is 5.35. The molecule has 0 aliphatic rings. The standard InChI is InChI=1S/C25H22N4O6S/c1-34-19-10-8-18(9-11-19)28-36(32,33)20-12-13-23(24(15-20)29(30)31)27-26-16-22-21-6-4-3-5-17(21)7-14-25(22)35-2/h3-16,27-28H,1-2H3. The number of hydrogen-bond acceptors (Lipinski definition) is 8. The number of rotatable bonds is 9. The number of hydrazone groups is 1. The molecule has 0 spiro atoms. The van der Waals surface area contributed by atoms with Gasteiger partial charge in [0.15, 0.2) is 0 Å². The first-order chi connectivity index (χ1) is 17.3. The lowest BCUT2D eigenvalue weighted by molar-refractivity contribution is -0.384. The number of benzene rings is 4. The predicted octanol–water partition coefficient (Wildman–Crippen LogP) is 5.01. The van der Waals surface area contributed by atoms with Crippen molar-refractivity contribution in [3.63, 3.8) is 0 Å². The first-order valence-electron chi connectivity index (χ1n) is 10.6. The zero-order valence-electron chi connectivity index (χ0n) is 19.3. The number of hydrogen-bond donors (Lipinski definition) is 2. The molecule has 0 unspecified atom stereocenters. The van der Waals surface area contributed by atoms with Crippen molar-refractivity contribution in [3.8, 4) is 11.5 Å². The fourth-order valence-corrected chi connectivity index (χ4v) is 4.63. The van der Waals surface area contributed by atoms with Crippen molar-refractivity contribution in [2.45, 2.75) is 4.90 Å². The minimum Gasteiger partial charge on any atom is -0.497 e. The molecule has 4 aromatic carbocycles. The molecule has 0 aliphatic carbocycles. The molecule has 0 atom stereocenters. The van der Waals surface area contributed by atoms with E-state index in [9.17, 15) is 18.5 Å². The molecule has 0 aliphatic heterocycles. The van der Waals surface area contributed by atoms with Crippen LogP contribution in [0.3, 0.4) is 0 Å². The van der Waals surface area contributed by atoms with Crippen LogP contribution in [0.15, 0.2) is 88.9 Å². The van der Waals surface area contributed by atoms with Crippen LogP contribution in [-0.2, 0) is 10.0 Å². The summed E-state index contributed by atoms with van der Waals surface area (Å²) < 4.78 is 38.5. The van der Waals surface area contributed by atoms with Crippen molar-refractivity contribution in [1.82, 2.24) is 0 Å². The van der Waals surface area contributed by atoms with Gasteiger partial charge in [0.2, 0.25) is 0 Å². The van der Waals surface area contributed by atoms with Crippen LogP contribution < -0.4 is 19.6 Å². The van der Waals surface area contributed by atoms with Gasteiger partial charge in [0, 0.05) is 17.3 Å². The van der Waals surface area contributed by atoms with E-state index in [1.807, 2.05) is 36.4 Å². The van der Waals surface area contributed by atoms with Crippen molar-refractivity contribution in [3.05, 3.63) is 94.5 Å². The van der Waals surface area contributed by atoms with E-state index in [4.69, 9.17) is 9.47 Å². The van der Waals surface area contributed by atoms with Gasteiger partial charge in [-0.3, -0.25) is 20.3 Å². The molecule has 4 rings (SSSR count). The maximum atomic E-state index is 12.8. The largest absolute Gasteiger partial charge is 0.497 e. The fourth-order valence-electron chi connectivity index (χ4n) is 3.55. The second kappa shape index (κ2) is 10.3. The lowest BCUT2D eigenvalue weighted by Gasteiger charge is -2.10. The molecular weight excluding hydrogens is 484 g/mol. The van der Waals surface area contributed by atoms with Gasteiger partial charge in [-0.15, -0.1) is 0 Å². The van der Waals surface area contributed by atoms with Crippen molar-refractivity contribution in [2.75, 3.05) is 24.4 Å². The number of sulfonamides is 1. The molecule has 11 heteroatoms. The van der Waals surface area contributed by atoms with E-state index in [2.05, 4.69) is 15.2 Å². The number of anilines is 2.